The zero-order valence-corrected chi connectivity index (χ0v) is 7.89. The molecule has 0 unspecified atom stereocenters. The quantitative estimate of drug-likeness (QED) is 0.407. The van der Waals surface area contributed by atoms with Crippen LogP contribution in [0, 0.1) is 10.8 Å². The van der Waals surface area contributed by atoms with Gasteiger partial charge in [-0.1, -0.05) is 6.92 Å². The smallest absolute Gasteiger partial charge is 0.200 e. The van der Waals surface area contributed by atoms with Crippen LogP contribution in [0.2, 0.25) is 0 Å². The van der Waals surface area contributed by atoms with E-state index in [9.17, 15) is 0 Å². The van der Waals surface area contributed by atoms with Gasteiger partial charge in [-0.05, 0) is 6.42 Å². The number of rotatable bonds is 2. The molecule has 0 aromatic heterocycles. The van der Waals surface area contributed by atoms with Crippen molar-refractivity contribution in [3.8, 4) is 0 Å². The van der Waals surface area contributed by atoms with Crippen LogP contribution in [0.3, 0.4) is 0 Å². The van der Waals surface area contributed by atoms with Crippen LogP contribution in [0.15, 0.2) is 0 Å². The standard InChI is InChI=1S/C7H17N5/c1-4-5-11(2)7(10)12(3)6(8)9/h10H,4-5H2,1-3H3,(H3,8,9). The van der Waals surface area contributed by atoms with Crippen LogP contribution >= 0.6 is 0 Å². The van der Waals surface area contributed by atoms with Crippen molar-refractivity contribution in [3.63, 3.8) is 0 Å². The predicted octanol–water partition coefficient (Wildman–Crippen LogP) is 0.0882. The average Bonchev–Trinajstić information content (AvgIpc) is 2.02. The molecule has 4 N–H and O–H groups in total. The Morgan fingerprint density at radius 1 is 1.33 bits per heavy atom. The largest absolute Gasteiger partial charge is 0.370 e. The lowest BCUT2D eigenvalue weighted by atomic mass is 10.4. The Hall–Kier alpha value is -1.26. The molecule has 0 fully saturated rings. The molecule has 0 saturated heterocycles. The highest BCUT2D eigenvalue weighted by Gasteiger charge is 2.10. The summed E-state index contributed by atoms with van der Waals surface area (Å²) in [5.74, 6) is 0.146. The van der Waals surface area contributed by atoms with Gasteiger partial charge in [-0.15, -0.1) is 0 Å². The number of guanidine groups is 2. The predicted molar refractivity (Wildman–Crippen MR) is 50.3 cm³/mol. The van der Waals surface area contributed by atoms with E-state index in [-0.39, 0.29) is 11.9 Å². The number of nitrogens with two attached hydrogens (primary N) is 1. The summed E-state index contributed by atoms with van der Waals surface area (Å²) in [6.45, 7) is 2.84. The molecular formula is C7H17N5. The van der Waals surface area contributed by atoms with Crippen LogP contribution in [0.25, 0.3) is 0 Å². The maximum absolute atomic E-state index is 7.57. The lowest BCUT2D eigenvalue weighted by Gasteiger charge is -2.26. The van der Waals surface area contributed by atoms with Gasteiger partial charge in [0.05, 0.1) is 0 Å². The van der Waals surface area contributed by atoms with E-state index in [0.29, 0.717) is 0 Å². The lowest BCUT2D eigenvalue weighted by molar-refractivity contribution is 0.444. The highest BCUT2D eigenvalue weighted by Crippen LogP contribution is 1.92. The molecule has 0 aliphatic heterocycles. The Morgan fingerprint density at radius 3 is 2.17 bits per heavy atom. The molecule has 0 aliphatic rings. The minimum absolute atomic E-state index is 0.108. The number of hydrogen-bond acceptors (Lipinski definition) is 2. The second kappa shape index (κ2) is 4.58. The zero-order chi connectivity index (χ0) is 9.72. The SMILES string of the molecule is CCCN(C)C(=N)N(C)C(=N)N. The van der Waals surface area contributed by atoms with Crippen LogP contribution < -0.4 is 5.73 Å². The van der Waals surface area contributed by atoms with Crippen molar-refractivity contribution >= 4 is 11.9 Å². The first-order valence-electron chi connectivity index (χ1n) is 3.88. The summed E-state index contributed by atoms with van der Waals surface area (Å²) in [5, 5.41) is 14.7. The van der Waals surface area contributed by atoms with Gasteiger partial charge in [-0.3, -0.25) is 15.7 Å². The van der Waals surface area contributed by atoms with E-state index >= 15 is 0 Å². The first kappa shape index (κ1) is 10.7. The molecule has 0 aliphatic carbocycles. The maximum atomic E-state index is 7.57. The van der Waals surface area contributed by atoms with Gasteiger partial charge in [0.2, 0.25) is 0 Å². The van der Waals surface area contributed by atoms with E-state index in [1.165, 1.54) is 4.90 Å². The van der Waals surface area contributed by atoms with Crippen molar-refractivity contribution in [2.24, 2.45) is 5.73 Å². The Kier molecular flexibility index (Phi) is 4.10. The summed E-state index contributed by atoms with van der Waals surface area (Å²) < 4.78 is 0. The molecule has 70 valence electrons. The molecule has 0 aromatic carbocycles. The van der Waals surface area contributed by atoms with Crippen molar-refractivity contribution in [2.75, 3.05) is 20.6 Å². The van der Waals surface area contributed by atoms with Gasteiger partial charge < -0.3 is 10.6 Å². The first-order chi connectivity index (χ1) is 5.50. The topological polar surface area (TPSA) is 80.2 Å². The molecular weight excluding hydrogens is 154 g/mol. The van der Waals surface area contributed by atoms with Gasteiger partial charge in [0.1, 0.15) is 0 Å². The van der Waals surface area contributed by atoms with E-state index in [2.05, 4.69) is 0 Å². The molecule has 5 heteroatoms. The van der Waals surface area contributed by atoms with Gasteiger partial charge in [0.15, 0.2) is 11.9 Å². The summed E-state index contributed by atoms with van der Waals surface area (Å²) in [5.41, 5.74) is 5.21. The van der Waals surface area contributed by atoms with Crippen LogP contribution in [0.5, 0.6) is 0 Å². The van der Waals surface area contributed by atoms with E-state index < -0.39 is 0 Å². The van der Waals surface area contributed by atoms with Crippen LogP contribution in [-0.4, -0.2) is 42.4 Å². The van der Waals surface area contributed by atoms with Crippen LogP contribution in [0.4, 0.5) is 0 Å². The number of nitrogens with zero attached hydrogens (tertiary/aromatic N) is 2. The molecule has 5 nitrogen and oxygen atoms in total. The van der Waals surface area contributed by atoms with Crippen molar-refractivity contribution < 1.29 is 0 Å². The summed E-state index contributed by atoms with van der Waals surface area (Å²) in [6, 6.07) is 0. The molecule has 0 rings (SSSR count). The van der Waals surface area contributed by atoms with Gasteiger partial charge >= 0.3 is 0 Å². The molecule has 0 saturated carbocycles. The Labute approximate surface area is 73.2 Å². The van der Waals surface area contributed by atoms with E-state index in [0.717, 1.165) is 13.0 Å². The second-order valence-corrected chi connectivity index (χ2v) is 2.69. The fraction of sp³-hybridized carbons (Fsp3) is 0.714. The average molecular weight is 171 g/mol. The summed E-state index contributed by atoms with van der Waals surface area (Å²) in [4.78, 5) is 3.08. The van der Waals surface area contributed by atoms with Gasteiger partial charge in [-0.2, -0.15) is 0 Å². The summed E-state index contributed by atoms with van der Waals surface area (Å²) >= 11 is 0. The van der Waals surface area contributed by atoms with Crippen LogP contribution in [-0.2, 0) is 0 Å². The highest BCUT2D eigenvalue weighted by atomic mass is 15.4. The normalized spacial score (nSPS) is 9.25. The van der Waals surface area contributed by atoms with Crippen molar-refractivity contribution in [1.82, 2.24) is 9.80 Å². The molecule has 0 radical (unpaired) electrons. The van der Waals surface area contributed by atoms with Crippen molar-refractivity contribution in [2.45, 2.75) is 13.3 Å². The molecule has 0 spiro atoms. The maximum Gasteiger partial charge on any atom is 0.200 e. The Morgan fingerprint density at radius 2 is 1.83 bits per heavy atom. The van der Waals surface area contributed by atoms with Crippen molar-refractivity contribution in [3.05, 3.63) is 0 Å². The third-order valence-corrected chi connectivity index (χ3v) is 1.60. The number of hydrogen-bond donors (Lipinski definition) is 3. The van der Waals surface area contributed by atoms with Gasteiger partial charge in [-0.25, -0.2) is 0 Å². The lowest BCUT2D eigenvalue weighted by Crippen LogP contribution is -2.45. The monoisotopic (exact) mass is 171 g/mol. The molecule has 0 heterocycles. The molecule has 0 atom stereocenters. The Bertz CT molecular complexity index is 177. The second-order valence-electron chi connectivity index (χ2n) is 2.69. The zero-order valence-electron chi connectivity index (χ0n) is 7.89. The Balaban J connectivity index is 4.09. The fourth-order valence-electron chi connectivity index (χ4n) is 0.811. The van der Waals surface area contributed by atoms with Gasteiger partial charge in [0.25, 0.3) is 0 Å². The minimum atomic E-state index is -0.108. The van der Waals surface area contributed by atoms with Crippen molar-refractivity contribution in [1.29, 1.82) is 10.8 Å². The van der Waals surface area contributed by atoms with E-state index in [1.54, 1.807) is 11.9 Å². The van der Waals surface area contributed by atoms with Crippen LogP contribution in [0.1, 0.15) is 13.3 Å². The number of nitrogens with one attached hydrogen (secondary N) is 2. The molecule has 0 aromatic rings. The third-order valence-electron chi connectivity index (χ3n) is 1.60. The van der Waals surface area contributed by atoms with Gasteiger partial charge in [0, 0.05) is 20.6 Å². The molecule has 0 amide bonds. The fourth-order valence-corrected chi connectivity index (χ4v) is 0.811. The highest BCUT2D eigenvalue weighted by molar-refractivity contribution is 5.94. The first-order valence-corrected chi connectivity index (χ1v) is 3.88. The third kappa shape index (κ3) is 2.77. The molecule has 12 heavy (non-hydrogen) atoms. The van der Waals surface area contributed by atoms with E-state index in [1.807, 2.05) is 14.0 Å². The molecule has 0 bridgehead atoms. The van der Waals surface area contributed by atoms with E-state index in [4.69, 9.17) is 16.6 Å². The summed E-state index contributed by atoms with van der Waals surface area (Å²) in [7, 11) is 3.42. The summed E-state index contributed by atoms with van der Waals surface area (Å²) in [6.07, 6.45) is 0.977. The minimum Gasteiger partial charge on any atom is -0.370 e.